The van der Waals surface area contributed by atoms with Crippen molar-refractivity contribution in [1.82, 2.24) is 19.7 Å². The van der Waals surface area contributed by atoms with Crippen molar-refractivity contribution in [3.05, 3.63) is 84.7 Å². The van der Waals surface area contributed by atoms with E-state index in [0.717, 1.165) is 17.0 Å². The van der Waals surface area contributed by atoms with E-state index in [2.05, 4.69) is 32.6 Å². The Morgan fingerprint density at radius 1 is 1.03 bits per heavy atom. The molecule has 156 valence electrons. The number of carbonyl (C=O) groups is 1. The summed E-state index contributed by atoms with van der Waals surface area (Å²) in [4.78, 5) is 16.6. The molecule has 0 fully saturated rings. The second kappa shape index (κ2) is 9.90. The number of anilines is 1. The summed E-state index contributed by atoms with van der Waals surface area (Å²) in [5.41, 5.74) is 2.74. The molecule has 7 nitrogen and oxygen atoms in total. The number of hydrogen-bond acceptors (Lipinski definition) is 6. The summed E-state index contributed by atoms with van der Waals surface area (Å²) >= 11 is 1.35. The average molecular weight is 432 g/mol. The van der Waals surface area contributed by atoms with Crippen LogP contribution in [0.3, 0.4) is 0 Å². The zero-order valence-electron chi connectivity index (χ0n) is 16.9. The van der Waals surface area contributed by atoms with E-state index in [1.807, 2.05) is 53.1 Å². The molecule has 0 spiro atoms. The van der Waals surface area contributed by atoms with E-state index in [4.69, 9.17) is 4.74 Å². The molecular formula is C23H21N5O2S. The maximum atomic E-state index is 12.5. The SMILES string of the molecule is COc1cccc(NC(=O)CSc2nnc(-c3ccncc3)n2Cc2ccccc2)c1. The van der Waals surface area contributed by atoms with Crippen molar-refractivity contribution in [3.8, 4) is 17.1 Å². The van der Waals surface area contributed by atoms with Crippen molar-refractivity contribution in [1.29, 1.82) is 0 Å². The summed E-state index contributed by atoms with van der Waals surface area (Å²) in [6.07, 6.45) is 3.45. The molecule has 0 atom stereocenters. The molecule has 31 heavy (non-hydrogen) atoms. The zero-order chi connectivity index (χ0) is 21.5. The van der Waals surface area contributed by atoms with Crippen LogP contribution in [-0.2, 0) is 11.3 Å². The number of methoxy groups -OCH3 is 1. The predicted octanol–water partition coefficient (Wildman–Crippen LogP) is 4.13. The summed E-state index contributed by atoms with van der Waals surface area (Å²) in [7, 11) is 1.59. The molecule has 0 bridgehead atoms. The zero-order valence-corrected chi connectivity index (χ0v) is 17.7. The highest BCUT2D eigenvalue weighted by atomic mass is 32.2. The second-order valence-corrected chi connectivity index (χ2v) is 7.63. The number of benzene rings is 2. The maximum Gasteiger partial charge on any atom is 0.234 e. The van der Waals surface area contributed by atoms with Gasteiger partial charge in [-0.15, -0.1) is 10.2 Å². The van der Waals surface area contributed by atoms with Crippen LogP contribution in [0.25, 0.3) is 11.4 Å². The molecule has 2 aromatic heterocycles. The molecule has 0 aliphatic heterocycles. The van der Waals surface area contributed by atoms with Crippen molar-refractivity contribution >= 4 is 23.4 Å². The first-order valence-electron chi connectivity index (χ1n) is 9.67. The molecule has 1 N–H and O–H groups in total. The number of ether oxygens (including phenoxy) is 1. The molecule has 1 amide bonds. The summed E-state index contributed by atoms with van der Waals surface area (Å²) < 4.78 is 7.22. The number of nitrogens with one attached hydrogen (secondary N) is 1. The number of pyridine rings is 1. The minimum atomic E-state index is -0.127. The highest BCUT2D eigenvalue weighted by Crippen LogP contribution is 2.25. The normalized spacial score (nSPS) is 10.6. The van der Waals surface area contributed by atoms with Crippen LogP contribution in [0.15, 0.2) is 84.3 Å². The average Bonchev–Trinajstić information content (AvgIpc) is 3.21. The van der Waals surface area contributed by atoms with E-state index in [1.165, 1.54) is 11.8 Å². The first-order chi connectivity index (χ1) is 15.2. The topological polar surface area (TPSA) is 81.9 Å². The van der Waals surface area contributed by atoms with Gasteiger partial charge in [0.1, 0.15) is 5.75 Å². The van der Waals surface area contributed by atoms with Gasteiger partial charge in [-0.3, -0.25) is 14.3 Å². The number of aromatic nitrogens is 4. The Kier molecular flexibility index (Phi) is 6.59. The summed E-state index contributed by atoms with van der Waals surface area (Å²) in [6.45, 7) is 0.603. The molecule has 2 aromatic carbocycles. The van der Waals surface area contributed by atoms with Gasteiger partial charge in [-0.25, -0.2) is 0 Å². The first-order valence-corrected chi connectivity index (χ1v) is 10.7. The van der Waals surface area contributed by atoms with Crippen LogP contribution in [0.4, 0.5) is 5.69 Å². The van der Waals surface area contributed by atoms with Gasteiger partial charge < -0.3 is 10.1 Å². The van der Waals surface area contributed by atoms with Crippen molar-refractivity contribution in [2.24, 2.45) is 0 Å². The van der Waals surface area contributed by atoms with Crippen LogP contribution in [0.5, 0.6) is 5.75 Å². The smallest absolute Gasteiger partial charge is 0.234 e. The van der Waals surface area contributed by atoms with E-state index in [1.54, 1.807) is 25.6 Å². The fourth-order valence-electron chi connectivity index (χ4n) is 3.05. The van der Waals surface area contributed by atoms with Crippen LogP contribution in [0.1, 0.15) is 5.56 Å². The van der Waals surface area contributed by atoms with Crippen molar-refractivity contribution in [3.63, 3.8) is 0 Å². The summed E-state index contributed by atoms with van der Waals surface area (Å²) in [5.74, 6) is 1.51. The Hall–Kier alpha value is -3.65. The molecular weight excluding hydrogens is 410 g/mol. The molecule has 2 heterocycles. The van der Waals surface area contributed by atoms with Crippen molar-refractivity contribution in [2.45, 2.75) is 11.7 Å². The van der Waals surface area contributed by atoms with Gasteiger partial charge in [0.25, 0.3) is 0 Å². The lowest BCUT2D eigenvalue weighted by Crippen LogP contribution is -2.15. The molecule has 0 radical (unpaired) electrons. The third-order valence-electron chi connectivity index (χ3n) is 4.52. The maximum absolute atomic E-state index is 12.5. The molecule has 8 heteroatoms. The Morgan fingerprint density at radius 3 is 2.61 bits per heavy atom. The highest BCUT2D eigenvalue weighted by Gasteiger charge is 2.16. The molecule has 0 aliphatic carbocycles. The van der Waals surface area contributed by atoms with Gasteiger partial charge in [0.05, 0.1) is 19.4 Å². The lowest BCUT2D eigenvalue weighted by atomic mass is 10.2. The largest absolute Gasteiger partial charge is 0.497 e. The third-order valence-corrected chi connectivity index (χ3v) is 5.49. The Bertz CT molecular complexity index is 1150. The van der Waals surface area contributed by atoms with Gasteiger partial charge in [0.2, 0.25) is 5.91 Å². The van der Waals surface area contributed by atoms with Crippen LogP contribution in [0, 0.1) is 0 Å². The van der Waals surface area contributed by atoms with Crippen LogP contribution < -0.4 is 10.1 Å². The quantitative estimate of drug-likeness (QED) is 0.423. The van der Waals surface area contributed by atoms with E-state index < -0.39 is 0 Å². The third kappa shape index (κ3) is 5.29. The molecule has 0 unspecified atom stereocenters. The van der Waals surface area contributed by atoms with Crippen molar-refractivity contribution in [2.75, 3.05) is 18.2 Å². The standard InChI is InChI=1S/C23H21N5O2S/c1-30-20-9-5-8-19(14-20)25-21(29)16-31-23-27-26-22(18-10-12-24-13-11-18)28(23)15-17-6-3-2-4-7-17/h2-14H,15-16H2,1H3,(H,25,29). The van der Waals surface area contributed by atoms with Gasteiger partial charge in [0.15, 0.2) is 11.0 Å². The molecule has 0 aliphatic rings. The Morgan fingerprint density at radius 2 is 1.84 bits per heavy atom. The molecule has 4 rings (SSSR count). The van der Waals surface area contributed by atoms with E-state index in [9.17, 15) is 4.79 Å². The number of thioether (sulfide) groups is 1. The Balaban J connectivity index is 1.52. The summed E-state index contributed by atoms with van der Waals surface area (Å²) in [5, 5.41) is 12.3. The van der Waals surface area contributed by atoms with E-state index in [-0.39, 0.29) is 11.7 Å². The van der Waals surface area contributed by atoms with Gasteiger partial charge in [-0.05, 0) is 29.8 Å². The Labute approximate surface area is 184 Å². The number of amides is 1. The van der Waals surface area contributed by atoms with E-state index >= 15 is 0 Å². The highest BCUT2D eigenvalue weighted by molar-refractivity contribution is 7.99. The van der Waals surface area contributed by atoms with Crippen LogP contribution >= 0.6 is 11.8 Å². The van der Waals surface area contributed by atoms with E-state index in [0.29, 0.717) is 23.1 Å². The number of nitrogens with zero attached hydrogens (tertiary/aromatic N) is 4. The van der Waals surface area contributed by atoms with Crippen molar-refractivity contribution < 1.29 is 9.53 Å². The van der Waals surface area contributed by atoms with Crippen LogP contribution in [0.2, 0.25) is 0 Å². The number of carbonyl (C=O) groups excluding carboxylic acids is 1. The number of rotatable bonds is 8. The van der Waals surface area contributed by atoms with Gasteiger partial charge in [-0.2, -0.15) is 0 Å². The fraction of sp³-hybridized carbons (Fsp3) is 0.130. The number of hydrogen-bond donors (Lipinski definition) is 1. The van der Waals surface area contributed by atoms with Crippen LogP contribution in [-0.4, -0.2) is 38.5 Å². The minimum absolute atomic E-state index is 0.127. The molecule has 0 saturated heterocycles. The van der Waals surface area contributed by atoms with Gasteiger partial charge in [-0.1, -0.05) is 48.2 Å². The van der Waals surface area contributed by atoms with Gasteiger partial charge in [0, 0.05) is 29.7 Å². The fourth-order valence-corrected chi connectivity index (χ4v) is 3.78. The lowest BCUT2D eigenvalue weighted by molar-refractivity contribution is -0.113. The molecule has 0 saturated carbocycles. The predicted molar refractivity (Wildman–Crippen MR) is 121 cm³/mol. The second-order valence-electron chi connectivity index (χ2n) is 6.68. The monoisotopic (exact) mass is 431 g/mol. The van der Waals surface area contributed by atoms with Gasteiger partial charge >= 0.3 is 0 Å². The lowest BCUT2D eigenvalue weighted by Gasteiger charge is -2.11. The first kappa shape index (κ1) is 20.6. The molecule has 4 aromatic rings. The minimum Gasteiger partial charge on any atom is -0.497 e. The summed E-state index contributed by atoms with van der Waals surface area (Å²) in [6, 6.07) is 21.2.